The monoisotopic (exact) mass is 311 g/mol. The Labute approximate surface area is 118 Å². The molecular formula is C15H22BrNO. The van der Waals surface area contributed by atoms with Gasteiger partial charge in [0.1, 0.15) is 0 Å². The first-order valence-electron chi connectivity index (χ1n) is 6.86. The third-order valence-corrected chi connectivity index (χ3v) is 3.81. The molecule has 0 aromatic heterocycles. The van der Waals surface area contributed by atoms with Crippen molar-refractivity contribution in [2.45, 2.75) is 38.8 Å². The Balaban J connectivity index is 1.85. The van der Waals surface area contributed by atoms with Gasteiger partial charge in [0.25, 0.3) is 0 Å². The summed E-state index contributed by atoms with van der Waals surface area (Å²) in [5, 5.41) is 0. The van der Waals surface area contributed by atoms with Gasteiger partial charge in [0.2, 0.25) is 0 Å². The van der Waals surface area contributed by atoms with Crippen molar-refractivity contribution >= 4 is 15.9 Å². The molecule has 1 fully saturated rings. The third kappa shape index (κ3) is 4.38. The molecule has 1 heterocycles. The maximum Gasteiger partial charge on any atom is 0.0702 e. The molecule has 3 heteroatoms. The van der Waals surface area contributed by atoms with Crippen LogP contribution < -0.4 is 0 Å². The molecule has 1 aromatic carbocycles. The van der Waals surface area contributed by atoms with Crippen LogP contribution >= 0.6 is 15.9 Å². The van der Waals surface area contributed by atoms with Gasteiger partial charge >= 0.3 is 0 Å². The molecule has 1 saturated heterocycles. The third-order valence-electron chi connectivity index (χ3n) is 3.32. The molecule has 2 rings (SSSR count). The first-order valence-corrected chi connectivity index (χ1v) is 7.65. The first kappa shape index (κ1) is 14.0. The molecule has 1 aliphatic heterocycles. The Hall–Kier alpha value is -0.380. The molecule has 0 bridgehead atoms. The molecule has 100 valence electrons. The van der Waals surface area contributed by atoms with Crippen LogP contribution in [-0.2, 0) is 11.3 Å². The molecular weight excluding hydrogens is 290 g/mol. The predicted molar refractivity (Wildman–Crippen MR) is 78.7 cm³/mol. The molecule has 0 N–H and O–H groups in total. The molecule has 1 aliphatic rings. The molecule has 1 unspecified atom stereocenters. The van der Waals surface area contributed by atoms with Crippen LogP contribution in [0.15, 0.2) is 28.7 Å². The van der Waals surface area contributed by atoms with E-state index < -0.39 is 0 Å². The van der Waals surface area contributed by atoms with Crippen molar-refractivity contribution in [3.8, 4) is 0 Å². The van der Waals surface area contributed by atoms with Crippen LogP contribution in [0.3, 0.4) is 0 Å². The summed E-state index contributed by atoms with van der Waals surface area (Å²) in [5.41, 5.74) is 1.38. The van der Waals surface area contributed by atoms with Crippen LogP contribution in [0.5, 0.6) is 0 Å². The Morgan fingerprint density at radius 3 is 3.11 bits per heavy atom. The van der Waals surface area contributed by atoms with Crippen LogP contribution in [0.2, 0.25) is 0 Å². The Kier molecular flexibility index (Phi) is 5.67. The van der Waals surface area contributed by atoms with Gasteiger partial charge in [-0.1, -0.05) is 35.0 Å². The zero-order valence-corrected chi connectivity index (χ0v) is 12.7. The topological polar surface area (TPSA) is 12.5 Å². The van der Waals surface area contributed by atoms with E-state index in [4.69, 9.17) is 4.74 Å². The second kappa shape index (κ2) is 7.27. The van der Waals surface area contributed by atoms with Crippen LogP contribution in [0, 0.1) is 0 Å². The summed E-state index contributed by atoms with van der Waals surface area (Å²) in [4.78, 5) is 2.51. The Morgan fingerprint density at radius 1 is 1.44 bits per heavy atom. The lowest BCUT2D eigenvalue weighted by molar-refractivity contribution is -0.00223. The van der Waals surface area contributed by atoms with Gasteiger partial charge < -0.3 is 4.74 Å². The van der Waals surface area contributed by atoms with E-state index in [1.54, 1.807) is 0 Å². The van der Waals surface area contributed by atoms with Crippen molar-refractivity contribution < 1.29 is 4.74 Å². The molecule has 0 amide bonds. The number of hydrogen-bond acceptors (Lipinski definition) is 2. The summed E-state index contributed by atoms with van der Waals surface area (Å²) in [5.74, 6) is 0. The summed E-state index contributed by atoms with van der Waals surface area (Å²) in [6.45, 7) is 6.37. The summed E-state index contributed by atoms with van der Waals surface area (Å²) < 4.78 is 7.04. The average molecular weight is 312 g/mol. The highest BCUT2D eigenvalue weighted by molar-refractivity contribution is 9.10. The van der Waals surface area contributed by atoms with Crippen molar-refractivity contribution in [3.05, 3.63) is 34.3 Å². The van der Waals surface area contributed by atoms with Crippen LogP contribution in [0.4, 0.5) is 0 Å². The standard InChI is InChI=1S/C15H22BrNO/c1-2-9-18-15-7-4-8-17(12-15)11-13-5-3-6-14(16)10-13/h3,5-6,10,15H,2,4,7-9,11-12H2,1H3. The fraction of sp³-hybridized carbons (Fsp3) is 0.600. The van der Waals surface area contributed by atoms with Crippen molar-refractivity contribution in [2.24, 2.45) is 0 Å². The van der Waals surface area contributed by atoms with Crippen molar-refractivity contribution in [2.75, 3.05) is 19.7 Å². The smallest absolute Gasteiger partial charge is 0.0702 e. The molecule has 1 atom stereocenters. The predicted octanol–water partition coefficient (Wildman–Crippen LogP) is 3.84. The minimum Gasteiger partial charge on any atom is -0.377 e. The van der Waals surface area contributed by atoms with Crippen LogP contribution in [0.25, 0.3) is 0 Å². The summed E-state index contributed by atoms with van der Waals surface area (Å²) >= 11 is 3.53. The highest BCUT2D eigenvalue weighted by atomic mass is 79.9. The van der Waals surface area contributed by atoms with E-state index in [1.807, 2.05) is 0 Å². The second-order valence-electron chi connectivity index (χ2n) is 5.00. The van der Waals surface area contributed by atoms with Crippen LogP contribution in [0.1, 0.15) is 31.7 Å². The van der Waals surface area contributed by atoms with E-state index in [9.17, 15) is 0 Å². The lowest BCUT2D eigenvalue weighted by atomic mass is 10.1. The van der Waals surface area contributed by atoms with E-state index in [1.165, 1.54) is 24.9 Å². The Morgan fingerprint density at radius 2 is 2.33 bits per heavy atom. The number of likely N-dealkylation sites (tertiary alicyclic amines) is 1. The number of hydrogen-bond donors (Lipinski definition) is 0. The van der Waals surface area contributed by atoms with E-state index in [0.29, 0.717) is 6.10 Å². The lowest BCUT2D eigenvalue weighted by Gasteiger charge is -2.32. The number of rotatable bonds is 5. The van der Waals surface area contributed by atoms with Gasteiger partial charge in [-0.05, 0) is 43.5 Å². The summed E-state index contributed by atoms with van der Waals surface area (Å²) in [6.07, 6.45) is 4.02. The molecule has 0 aliphatic carbocycles. The van der Waals surface area contributed by atoms with Crippen molar-refractivity contribution in [1.29, 1.82) is 0 Å². The average Bonchev–Trinajstić information content (AvgIpc) is 2.37. The largest absolute Gasteiger partial charge is 0.377 e. The maximum atomic E-state index is 5.87. The van der Waals surface area contributed by atoms with Crippen molar-refractivity contribution in [1.82, 2.24) is 4.90 Å². The molecule has 2 nitrogen and oxygen atoms in total. The minimum atomic E-state index is 0.436. The SMILES string of the molecule is CCCOC1CCCN(Cc2cccc(Br)c2)C1. The lowest BCUT2D eigenvalue weighted by Crippen LogP contribution is -2.39. The highest BCUT2D eigenvalue weighted by Crippen LogP contribution is 2.18. The zero-order chi connectivity index (χ0) is 12.8. The normalized spacial score (nSPS) is 21.1. The van der Waals surface area contributed by atoms with Gasteiger partial charge in [0.05, 0.1) is 6.10 Å². The van der Waals surface area contributed by atoms with Gasteiger partial charge in [-0.2, -0.15) is 0 Å². The Bertz CT molecular complexity index is 369. The molecule has 1 aromatic rings. The van der Waals surface area contributed by atoms with Gasteiger partial charge in [0, 0.05) is 24.2 Å². The minimum absolute atomic E-state index is 0.436. The van der Waals surface area contributed by atoms with E-state index in [0.717, 1.165) is 30.6 Å². The molecule has 0 spiro atoms. The molecule has 0 saturated carbocycles. The second-order valence-corrected chi connectivity index (χ2v) is 5.92. The van der Waals surface area contributed by atoms with Gasteiger partial charge in [-0.3, -0.25) is 4.90 Å². The van der Waals surface area contributed by atoms with Gasteiger partial charge in [0.15, 0.2) is 0 Å². The zero-order valence-electron chi connectivity index (χ0n) is 11.1. The molecule has 18 heavy (non-hydrogen) atoms. The van der Waals surface area contributed by atoms with E-state index in [2.05, 4.69) is 52.0 Å². The number of piperidine rings is 1. The molecule has 0 radical (unpaired) electrons. The summed E-state index contributed by atoms with van der Waals surface area (Å²) in [7, 11) is 0. The number of benzene rings is 1. The van der Waals surface area contributed by atoms with Crippen molar-refractivity contribution in [3.63, 3.8) is 0 Å². The van der Waals surface area contributed by atoms with Gasteiger partial charge in [-0.15, -0.1) is 0 Å². The first-order chi connectivity index (χ1) is 8.78. The fourth-order valence-electron chi connectivity index (χ4n) is 2.47. The van der Waals surface area contributed by atoms with E-state index in [-0.39, 0.29) is 0 Å². The van der Waals surface area contributed by atoms with Gasteiger partial charge in [-0.25, -0.2) is 0 Å². The number of halogens is 1. The quantitative estimate of drug-likeness (QED) is 0.819. The fourth-order valence-corrected chi connectivity index (χ4v) is 2.92. The number of nitrogens with zero attached hydrogens (tertiary/aromatic N) is 1. The number of ether oxygens (including phenoxy) is 1. The maximum absolute atomic E-state index is 5.87. The van der Waals surface area contributed by atoms with E-state index >= 15 is 0 Å². The van der Waals surface area contributed by atoms with Crippen LogP contribution in [-0.4, -0.2) is 30.7 Å². The highest BCUT2D eigenvalue weighted by Gasteiger charge is 2.20. The summed E-state index contributed by atoms with van der Waals surface area (Å²) in [6, 6.07) is 8.58.